The van der Waals surface area contributed by atoms with Gasteiger partial charge in [0.1, 0.15) is 0 Å². The van der Waals surface area contributed by atoms with Gasteiger partial charge < -0.3 is 5.11 Å². The minimum absolute atomic E-state index is 0.321. The summed E-state index contributed by atoms with van der Waals surface area (Å²) in [6.07, 6.45) is 4.85. The van der Waals surface area contributed by atoms with Crippen LogP contribution >= 0.6 is 0 Å². The van der Waals surface area contributed by atoms with E-state index in [4.69, 9.17) is 5.11 Å². The number of pyridine rings is 1. The van der Waals surface area contributed by atoms with E-state index in [0.29, 0.717) is 5.57 Å². The molecule has 0 unspecified atom stereocenters. The van der Waals surface area contributed by atoms with Gasteiger partial charge in [0.15, 0.2) is 0 Å². The molecule has 0 amide bonds. The summed E-state index contributed by atoms with van der Waals surface area (Å²) in [7, 11) is 0. The Bertz CT molecular complexity index is 304. The first kappa shape index (κ1) is 8.46. The lowest BCUT2D eigenvalue weighted by atomic mass is 10.2. The largest absolute Gasteiger partial charge is 0.478 e. The minimum atomic E-state index is -0.896. The maximum atomic E-state index is 10.4. The average Bonchev–Trinajstić information content (AvgIpc) is 2.06. The van der Waals surface area contributed by atoms with E-state index in [1.54, 1.807) is 37.5 Å². The molecule has 0 fully saturated rings. The van der Waals surface area contributed by atoms with Crippen LogP contribution in [0.4, 0.5) is 0 Å². The first-order chi connectivity index (χ1) is 5.70. The highest BCUT2D eigenvalue weighted by atomic mass is 16.4. The van der Waals surface area contributed by atoms with Gasteiger partial charge in [-0.05, 0) is 30.7 Å². The number of carbonyl (C=O) groups is 1. The fourth-order valence-electron chi connectivity index (χ4n) is 0.771. The van der Waals surface area contributed by atoms with Crippen molar-refractivity contribution in [3.8, 4) is 0 Å². The highest BCUT2D eigenvalue weighted by Crippen LogP contribution is 2.04. The standard InChI is InChI=1S/C9H9NO2/c1-7(9(11)12)6-8-2-4-10-5-3-8/h2-6H,1H3,(H,11,12)/b7-6+. The first-order valence-electron chi connectivity index (χ1n) is 3.52. The molecule has 1 aromatic heterocycles. The zero-order valence-electron chi connectivity index (χ0n) is 6.69. The number of hydrogen-bond acceptors (Lipinski definition) is 2. The molecule has 3 nitrogen and oxygen atoms in total. The van der Waals surface area contributed by atoms with Crippen molar-refractivity contribution in [1.82, 2.24) is 4.98 Å². The summed E-state index contributed by atoms with van der Waals surface area (Å²) in [5.74, 6) is -0.896. The molecule has 12 heavy (non-hydrogen) atoms. The van der Waals surface area contributed by atoms with Crippen LogP contribution in [0.15, 0.2) is 30.1 Å². The van der Waals surface area contributed by atoms with Gasteiger partial charge in [-0.3, -0.25) is 4.98 Å². The van der Waals surface area contributed by atoms with Crippen LogP contribution in [0, 0.1) is 0 Å². The summed E-state index contributed by atoms with van der Waals surface area (Å²) in [4.78, 5) is 14.2. The zero-order chi connectivity index (χ0) is 8.97. The smallest absolute Gasteiger partial charge is 0.331 e. The third kappa shape index (κ3) is 2.20. The first-order valence-corrected chi connectivity index (χ1v) is 3.52. The minimum Gasteiger partial charge on any atom is -0.478 e. The predicted molar refractivity (Wildman–Crippen MR) is 45.5 cm³/mol. The summed E-state index contributed by atoms with van der Waals surface area (Å²) >= 11 is 0. The van der Waals surface area contributed by atoms with Gasteiger partial charge in [-0.25, -0.2) is 4.79 Å². The van der Waals surface area contributed by atoms with Crippen molar-refractivity contribution in [2.24, 2.45) is 0 Å². The van der Waals surface area contributed by atoms with Gasteiger partial charge in [0.25, 0.3) is 0 Å². The molecule has 0 radical (unpaired) electrons. The van der Waals surface area contributed by atoms with Crippen molar-refractivity contribution in [3.63, 3.8) is 0 Å². The highest BCUT2D eigenvalue weighted by molar-refractivity contribution is 5.91. The van der Waals surface area contributed by atoms with Gasteiger partial charge in [-0.1, -0.05) is 0 Å². The monoisotopic (exact) mass is 163 g/mol. The molecular formula is C9H9NO2. The fourth-order valence-corrected chi connectivity index (χ4v) is 0.771. The van der Waals surface area contributed by atoms with Crippen LogP contribution < -0.4 is 0 Å². The number of nitrogens with zero attached hydrogens (tertiary/aromatic N) is 1. The molecule has 0 aromatic carbocycles. The molecule has 0 aliphatic carbocycles. The molecule has 0 atom stereocenters. The lowest BCUT2D eigenvalue weighted by Crippen LogP contribution is -1.95. The number of aromatic nitrogens is 1. The molecule has 1 N–H and O–H groups in total. The third-order valence-corrected chi connectivity index (χ3v) is 1.43. The van der Waals surface area contributed by atoms with Crippen LogP contribution in [-0.2, 0) is 4.79 Å². The molecule has 3 heteroatoms. The predicted octanol–water partition coefficient (Wildman–Crippen LogP) is 1.57. The second kappa shape index (κ2) is 3.67. The summed E-state index contributed by atoms with van der Waals surface area (Å²) in [6, 6.07) is 3.51. The average molecular weight is 163 g/mol. The molecule has 0 aliphatic heterocycles. The molecule has 1 rings (SSSR count). The Morgan fingerprint density at radius 2 is 2.08 bits per heavy atom. The van der Waals surface area contributed by atoms with Gasteiger partial charge >= 0.3 is 5.97 Å². The SMILES string of the molecule is C/C(=C\c1ccncc1)C(=O)O. The van der Waals surface area contributed by atoms with Gasteiger partial charge in [-0.15, -0.1) is 0 Å². The van der Waals surface area contributed by atoms with Crippen molar-refractivity contribution in [2.45, 2.75) is 6.92 Å². The highest BCUT2D eigenvalue weighted by Gasteiger charge is 1.98. The zero-order valence-corrected chi connectivity index (χ0v) is 6.69. The molecule has 62 valence electrons. The Kier molecular flexibility index (Phi) is 2.58. The van der Waals surface area contributed by atoms with Crippen LogP contribution in [-0.4, -0.2) is 16.1 Å². The van der Waals surface area contributed by atoms with Crippen molar-refractivity contribution >= 4 is 12.0 Å². The molecule has 0 aliphatic rings. The van der Waals surface area contributed by atoms with Crippen LogP contribution in [0.1, 0.15) is 12.5 Å². The lowest BCUT2D eigenvalue weighted by Gasteiger charge is -1.93. The molecule has 1 aromatic rings. The lowest BCUT2D eigenvalue weighted by molar-refractivity contribution is -0.132. The second-order valence-corrected chi connectivity index (χ2v) is 2.41. The number of aliphatic carboxylic acids is 1. The van der Waals surface area contributed by atoms with Gasteiger partial charge in [-0.2, -0.15) is 0 Å². The van der Waals surface area contributed by atoms with Gasteiger partial charge in [0.05, 0.1) is 0 Å². The third-order valence-electron chi connectivity index (χ3n) is 1.43. The van der Waals surface area contributed by atoms with E-state index in [9.17, 15) is 4.79 Å². The van der Waals surface area contributed by atoms with Crippen molar-refractivity contribution in [3.05, 3.63) is 35.7 Å². The van der Waals surface area contributed by atoms with E-state index in [1.165, 1.54) is 0 Å². The topological polar surface area (TPSA) is 50.2 Å². The van der Waals surface area contributed by atoms with Crippen molar-refractivity contribution < 1.29 is 9.90 Å². The van der Waals surface area contributed by atoms with Gasteiger partial charge in [0, 0.05) is 18.0 Å². The van der Waals surface area contributed by atoms with Crippen molar-refractivity contribution in [2.75, 3.05) is 0 Å². The van der Waals surface area contributed by atoms with Gasteiger partial charge in [0.2, 0.25) is 0 Å². The number of carboxylic acids is 1. The molecule has 1 heterocycles. The molecule has 0 saturated heterocycles. The van der Waals surface area contributed by atoms with Crippen LogP contribution in [0.3, 0.4) is 0 Å². The summed E-state index contributed by atoms with van der Waals surface area (Å²) in [6.45, 7) is 1.56. The van der Waals surface area contributed by atoms with Crippen LogP contribution in [0.5, 0.6) is 0 Å². The van der Waals surface area contributed by atoms with Crippen LogP contribution in [0.25, 0.3) is 6.08 Å². The summed E-state index contributed by atoms with van der Waals surface area (Å²) in [5, 5.41) is 8.56. The van der Waals surface area contributed by atoms with E-state index < -0.39 is 5.97 Å². The Morgan fingerprint density at radius 3 is 2.58 bits per heavy atom. The normalized spacial score (nSPS) is 11.2. The van der Waals surface area contributed by atoms with E-state index in [1.807, 2.05) is 0 Å². The van der Waals surface area contributed by atoms with E-state index >= 15 is 0 Å². The maximum absolute atomic E-state index is 10.4. The van der Waals surface area contributed by atoms with E-state index in [2.05, 4.69) is 4.98 Å². The number of rotatable bonds is 2. The Labute approximate surface area is 70.4 Å². The molecule has 0 spiro atoms. The molecule has 0 bridgehead atoms. The van der Waals surface area contributed by atoms with E-state index in [0.717, 1.165) is 5.56 Å². The summed E-state index contributed by atoms with van der Waals surface area (Å²) in [5.41, 5.74) is 1.17. The van der Waals surface area contributed by atoms with Crippen molar-refractivity contribution in [1.29, 1.82) is 0 Å². The van der Waals surface area contributed by atoms with E-state index in [-0.39, 0.29) is 0 Å². The number of carboxylic acid groups (broad SMARTS) is 1. The quantitative estimate of drug-likeness (QED) is 0.673. The fraction of sp³-hybridized carbons (Fsp3) is 0.111. The Balaban J connectivity index is 2.89. The van der Waals surface area contributed by atoms with Crippen LogP contribution in [0.2, 0.25) is 0 Å². The summed E-state index contributed by atoms with van der Waals surface area (Å²) < 4.78 is 0. The molecular weight excluding hydrogens is 154 g/mol. The Morgan fingerprint density at radius 1 is 1.50 bits per heavy atom. The number of hydrogen-bond donors (Lipinski definition) is 1. The maximum Gasteiger partial charge on any atom is 0.331 e. The molecule has 0 saturated carbocycles. The second-order valence-electron chi connectivity index (χ2n) is 2.41. The Hall–Kier alpha value is -1.64.